The lowest BCUT2D eigenvalue weighted by Crippen LogP contribution is -2.24. The van der Waals surface area contributed by atoms with Crippen molar-refractivity contribution in [1.82, 2.24) is 4.90 Å². The van der Waals surface area contributed by atoms with Crippen LogP contribution in [0.15, 0.2) is 0 Å². The Morgan fingerprint density at radius 3 is 2.67 bits per heavy atom. The molecule has 0 unspecified atom stereocenters. The van der Waals surface area contributed by atoms with Crippen molar-refractivity contribution in [2.75, 3.05) is 13.6 Å². The third-order valence-corrected chi connectivity index (χ3v) is 1.10. The monoisotopic (exact) mass is 126 g/mol. The van der Waals surface area contributed by atoms with Gasteiger partial charge in [0.15, 0.2) is 0 Å². The lowest BCUT2D eigenvalue weighted by molar-refractivity contribution is -0.127. The molecule has 0 fully saturated rings. The molecule has 0 aliphatic heterocycles. The molecule has 0 rings (SSSR count). The summed E-state index contributed by atoms with van der Waals surface area (Å²) < 4.78 is 0. The molecule has 1 amide bonds. The zero-order chi connectivity index (χ0) is 7.28. The maximum atomic E-state index is 10.5. The maximum absolute atomic E-state index is 10.5. The number of amides is 1. The van der Waals surface area contributed by atoms with Crippen LogP contribution in [0.3, 0.4) is 0 Å². The Kier molecular flexibility index (Phi) is 3.45. The second kappa shape index (κ2) is 3.90. The molecule has 3 nitrogen and oxygen atoms in total. The minimum absolute atomic E-state index is 0.00486. The van der Waals surface area contributed by atoms with Gasteiger partial charge < -0.3 is 4.90 Å². The van der Waals surface area contributed by atoms with E-state index in [-0.39, 0.29) is 5.91 Å². The van der Waals surface area contributed by atoms with E-state index >= 15 is 0 Å². The first-order chi connectivity index (χ1) is 4.18. The van der Waals surface area contributed by atoms with Crippen LogP contribution in [0.2, 0.25) is 0 Å². The van der Waals surface area contributed by atoms with E-state index in [1.165, 1.54) is 11.8 Å². The third-order valence-electron chi connectivity index (χ3n) is 1.10. The maximum Gasteiger partial charge on any atom is 0.219 e. The Labute approximate surface area is 54.9 Å². The lowest BCUT2D eigenvalue weighted by Gasteiger charge is -2.10. The quantitative estimate of drug-likeness (QED) is 0.536. The molecule has 0 N–H and O–H groups in total. The smallest absolute Gasteiger partial charge is 0.219 e. The van der Waals surface area contributed by atoms with Crippen LogP contribution in [0, 0.1) is 11.3 Å². The predicted molar refractivity (Wildman–Crippen MR) is 33.5 cm³/mol. The zero-order valence-corrected chi connectivity index (χ0v) is 5.72. The molecule has 50 valence electrons. The van der Waals surface area contributed by atoms with E-state index in [9.17, 15) is 4.79 Å². The highest BCUT2D eigenvalue weighted by molar-refractivity contribution is 5.72. The summed E-state index contributed by atoms with van der Waals surface area (Å²) in [7, 11) is 1.68. The van der Waals surface area contributed by atoms with Crippen molar-refractivity contribution in [3.63, 3.8) is 0 Å². The highest BCUT2D eigenvalue weighted by Crippen LogP contribution is 1.84. The van der Waals surface area contributed by atoms with Crippen molar-refractivity contribution in [2.24, 2.45) is 0 Å². The molecular formula is C6H10N2O. The van der Waals surface area contributed by atoms with E-state index in [4.69, 9.17) is 5.26 Å². The summed E-state index contributed by atoms with van der Waals surface area (Å²) in [5, 5.41) is 8.11. The predicted octanol–water partition coefficient (Wildman–Crippen LogP) is 0.378. The van der Waals surface area contributed by atoms with Gasteiger partial charge in [-0.2, -0.15) is 5.26 Å². The van der Waals surface area contributed by atoms with Crippen LogP contribution in [-0.2, 0) is 4.79 Å². The van der Waals surface area contributed by atoms with Crippen LogP contribution in [0.5, 0.6) is 0 Å². The molecule has 0 spiro atoms. The molecular weight excluding hydrogens is 116 g/mol. The normalized spacial score (nSPS) is 8.11. The second-order valence-electron chi connectivity index (χ2n) is 1.85. The molecule has 0 aromatic heterocycles. The summed E-state index contributed by atoms with van der Waals surface area (Å²) in [6.45, 7) is 2.02. The number of nitriles is 1. The molecule has 3 heteroatoms. The minimum atomic E-state index is 0.00486. The average molecular weight is 126 g/mol. The molecule has 9 heavy (non-hydrogen) atoms. The fourth-order valence-electron chi connectivity index (χ4n) is 0.375. The second-order valence-corrected chi connectivity index (χ2v) is 1.85. The molecule has 0 aliphatic rings. The van der Waals surface area contributed by atoms with Crippen molar-refractivity contribution >= 4 is 5.91 Å². The van der Waals surface area contributed by atoms with Gasteiger partial charge in [0, 0.05) is 20.5 Å². The van der Waals surface area contributed by atoms with Gasteiger partial charge in [-0.05, 0) is 0 Å². The summed E-state index contributed by atoms with van der Waals surface area (Å²) in [4.78, 5) is 12.0. The van der Waals surface area contributed by atoms with E-state index < -0.39 is 0 Å². The lowest BCUT2D eigenvalue weighted by atomic mass is 10.4. The number of carbonyl (C=O) groups is 1. The Morgan fingerprint density at radius 1 is 1.78 bits per heavy atom. The summed E-state index contributed by atoms with van der Waals surface area (Å²) in [5.41, 5.74) is 0. The average Bonchev–Trinajstić information content (AvgIpc) is 1.82. The first kappa shape index (κ1) is 7.96. The van der Waals surface area contributed by atoms with Crippen LogP contribution in [0.25, 0.3) is 0 Å². The van der Waals surface area contributed by atoms with Crippen LogP contribution in [0.1, 0.15) is 13.3 Å². The first-order valence-electron chi connectivity index (χ1n) is 2.77. The van der Waals surface area contributed by atoms with Crippen molar-refractivity contribution < 1.29 is 4.79 Å². The molecule has 0 aromatic rings. The Hall–Kier alpha value is -1.04. The number of hydrogen-bond donors (Lipinski definition) is 0. The summed E-state index contributed by atoms with van der Waals surface area (Å²) in [6, 6.07) is 1.96. The van der Waals surface area contributed by atoms with E-state index in [0.717, 1.165) is 0 Å². The van der Waals surface area contributed by atoms with E-state index in [1.54, 1.807) is 7.05 Å². The largest absolute Gasteiger partial charge is 0.345 e. The Morgan fingerprint density at radius 2 is 2.33 bits per heavy atom. The number of hydrogen-bond acceptors (Lipinski definition) is 2. The van der Waals surface area contributed by atoms with Gasteiger partial charge >= 0.3 is 0 Å². The van der Waals surface area contributed by atoms with Crippen molar-refractivity contribution in [1.29, 1.82) is 5.26 Å². The van der Waals surface area contributed by atoms with Crippen LogP contribution >= 0.6 is 0 Å². The van der Waals surface area contributed by atoms with Crippen molar-refractivity contribution in [2.45, 2.75) is 13.3 Å². The van der Waals surface area contributed by atoms with Gasteiger partial charge in [-0.1, -0.05) is 0 Å². The van der Waals surface area contributed by atoms with Crippen molar-refractivity contribution in [3.8, 4) is 6.07 Å². The SMILES string of the molecule is CC(=O)N(C)CCC#N. The number of rotatable bonds is 2. The summed E-state index contributed by atoms with van der Waals surface area (Å²) >= 11 is 0. The van der Waals surface area contributed by atoms with Crippen molar-refractivity contribution in [3.05, 3.63) is 0 Å². The van der Waals surface area contributed by atoms with Crippen LogP contribution < -0.4 is 0 Å². The van der Waals surface area contributed by atoms with E-state index in [2.05, 4.69) is 0 Å². The summed E-state index contributed by atoms with van der Waals surface area (Å²) in [6.07, 6.45) is 0.413. The Balaban J connectivity index is 3.41. The van der Waals surface area contributed by atoms with Gasteiger partial charge in [0.2, 0.25) is 5.91 Å². The fourth-order valence-corrected chi connectivity index (χ4v) is 0.375. The highest BCUT2D eigenvalue weighted by atomic mass is 16.2. The minimum Gasteiger partial charge on any atom is -0.345 e. The topological polar surface area (TPSA) is 44.1 Å². The van der Waals surface area contributed by atoms with Gasteiger partial charge in [-0.25, -0.2) is 0 Å². The zero-order valence-electron chi connectivity index (χ0n) is 5.72. The Bertz CT molecular complexity index is 136. The third kappa shape index (κ3) is 3.53. The molecule has 0 saturated heterocycles. The molecule has 0 radical (unpaired) electrons. The van der Waals surface area contributed by atoms with E-state index in [0.29, 0.717) is 13.0 Å². The molecule has 0 atom stereocenters. The van der Waals surface area contributed by atoms with Gasteiger partial charge in [-0.15, -0.1) is 0 Å². The van der Waals surface area contributed by atoms with Gasteiger partial charge in [0.1, 0.15) is 0 Å². The highest BCUT2D eigenvalue weighted by Gasteiger charge is 1.98. The van der Waals surface area contributed by atoms with Crippen LogP contribution in [0.4, 0.5) is 0 Å². The van der Waals surface area contributed by atoms with Gasteiger partial charge in [0.05, 0.1) is 12.5 Å². The molecule has 0 aliphatic carbocycles. The first-order valence-corrected chi connectivity index (χ1v) is 2.77. The van der Waals surface area contributed by atoms with Gasteiger partial charge in [-0.3, -0.25) is 4.79 Å². The molecule has 0 heterocycles. The molecule has 0 bridgehead atoms. The number of carbonyl (C=O) groups excluding carboxylic acids is 1. The number of nitrogens with zero attached hydrogens (tertiary/aromatic N) is 2. The standard InChI is InChI=1S/C6H10N2O/c1-6(9)8(2)5-3-4-7/h3,5H2,1-2H3. The summed E-state index contributed by atoms with van der Waals surface area (Å²) in [5.74, 6) is 0.00486. The molecule has 0 aromatic carbocycles. The fraction of sp³-hybridized carbons (Fsp3) is 0.667. The van der Waals surface area contributed by atoms with Gasteiger partial charge in [0.25, 0.3) is 0 Å². The van der Waals surface area contributed by atoms with E-state index in [1.807, 2.05) is 6.07 Å². The molecule has 0 saturated carbocycles. The van der Waals surface area contributed by atoms with Crippen LogP contribution in [-0.4, -0.2) is 24.4 Å².